The topological polar surface area (TPSA) is 38.0 Å². The van der Waals surface area contributed by atoms with E-state index in [9.17, 15) is 17.6 Å². The third-order valence-electron chi connectivity index (χ3n) is 5.90. The third kappa shape index (κ3) is 4.79. The number of hydrogen-bond acceptors (Lipinski definition) is 2. The Morgan fingerprint density at radius 2 is 1.06 bits per heavy atom. The predicted octanol–water partition coefficient (Wildman–Crippen LogP) is 8.57. The highest BCUT2D eigenvalue weighted by Gasteiger charge is 2.12. The van der Waals surface area contributed by atoms with E-state index in [0.29, 0.717) is 22.5 Å². The normalized spacial score (nSPS) is 10.9. The summed E-state index contributed by atoms with van der Waals surface area (Å²) in [7, 11) is 0. The van der Waals surface area contributed by atoms with E-state index in [2.05, 4.69) is 5.32 Å². The SMILES string of the molecule is Nc1ccc(-c2ccc(Nc3ccc(-c4ccc(F)c(F)c4)cc3F)cc2-c2ccc(F)cc2)cc1. The van der Waals surface area contributed by atoms with E-state index in [1.165, 1.54) is 30.3 Å². The van der Waals surface area contributed by atoms with Crippen LogP contribution in [0.2, 0.25) is 0 Å². The molecule has 6 heteroatoms. The summed E-state index contributed by atoms with van der Waals surface area (Å²) in [6, 6.07) is 27.0. The van der Waals surface area contributed by atoms with Crippen molar-refractivity contribution in [3.63, 3.8) is 0 Å². The molecular weight excluding hydrogens is 464 g/mol. The van der Waals surface area contributed by atoms with E-state index in [1.807, 2.05) is 30.3 Å². The van der Waals surface area contributed by atoms with Crippen LogP contribution < -0.4 is 11.1 Å². The van der Waals surface area contributed by atoms with Crippen molar-refractivity contribution in [2.24, 2.45) is 0 Å². The number of nitrogen functional groups attached to an aromatic ring is 1. The Hall–Kier alpha value is -4.58. The number of anilines is 3. The van der Waals surface area contributed by atoms with Gasteiger partial charge in [-0.05, 0) is 94.0 Å². The lowest BCUT2D eigenvalue weighted by molar-refractivity contribution is 0.509. The van der Waals surface area contributed by atoms with Crippen LogP contribution in [0.1, 0.15) is 0 Å². The second kappa shape index (κ2) is 9.58. The second-order valence-corrected chi connectivity index (χ2v) is 8.34. The van der Waals surface area contributed by atoms with Gasteiger partial charge >= 0.3 is 0 Å². The van der Waals surface area contributed by atoms with Crippen molar-refractivity contribution in [1.82, 2.24) is 0 Å². The molecule has 0 spiro atoms. The van der Waals surface area contributed by atoms with E-state index in [4.69, 9.17) is 5.73 Å². The molecule has 3 N–H and O–H groups in total. The standard InChI is InChI=1S/C30H20F4N2/c31-22-7-1-19(2-8-22)26-17-24(11-12-25(26)18-3-9-23(35)10-4-18)36-30-14-6-21(16-29(30)34)20-5-13-27(32)28(33)15-20/h1-17,36H,35H2. The molecule has 36 heavy (non-hydrogen) atoms. The highest BCUT2D eigenvalue weighted by molar-refractivity contribution is 5.87. The van der Waals surface area contributed by atoms with Gasteiger partial charge in [-0.2, -0.15) is 0 Å². The molecular formula is C30H20F4N2. The van der Waals surface area contributed by atoms with Crippen LogP contribution in [0.5, 0.6) is 0 Å². The minimum absolute atomic E-state index is 0.214. The molecule has 0 aliphatic rings. The predicted molar refractivity (Wildman–Crippen MR) is 137 cm³/mol. The fraction of sp³-hybridized carbons (Fsp3) is 0. The molecule has 5 rings (SSSR count). The van der Waals surface area contributed by atoms with E-state index in [-0.39, 0.29) is 11.5 Å². The first-order valence-corrected chi connectivity index (χ1v) is 11.2. The summed E-state index contributed by atoms with van der Waals surface area (Å²) in [5.41, 5.74) is 11.5. The summed E-state index contributed by atoms with van der Waals surface area (Å²) >= 11 is 0. The summed E-state index contributed by atoms with van der Waals surface area (Å²) in [6.45, 7) is 0. The van der Waals surface area contributed by atoms with E-state index < -0.39 is 17.5 Å². The van der Waals surface area contributed by atoms with Gasteiger partial charge < -0.3 is 11.1 Å². The second-order valence-electron chi connectivity index (χ2n) is 8.34. The van der Waals surface area contributed by atoms with Gasteiger partial charge in [-0.3, -0.25) is 0 Å². The zero-order chi connectivity index (χ0) is 25.2. The molecule has 0 fully saturated rings. The summed E-state index contributed by atoms with van der Waals surface area (Å²) < 4.78 is 55.4. The number of halogens is 4. The molecule has 0 saturated carbocycles. The fourth-order valence-corrected chi connectivity index (χ4v) is 4.03. The van der Waals surface area contributed by atoms with Gasteiger partial charge in [0.15, 0.2) is 11.6 Å². The van der Waals surface area contributed by atoms with Crippen LogP contribution in [0.3, 0.4) is 0 Å². The lowest BCUT2D eigenvalue weighted by Crippen LogP contribution is -1.96. The Morgan fingerprint density at radius 3 is 1.72 bits per heavy atom. The molecule has 0 atom stereocenters. The average Bonchev–Trinajstić information content (AvgIpc) is 2.88. The maximum absolute atomic E-state index is 15.0. The first-order chi connectivity index (χ1) is 17.4. The molecule has 5 aromatic rings. The molecule has 0 aliphatic heterocycles. The van der Waals surface area contributed by atoms with E-state index >= 15 is 0 Å². The zero-order valence-electron chi connectivity index (χ0n) is 18.9. The molecule has 0 amide bonds. The van der Waals surface area contributed by atoms with Crippen LogP contribution in [-0.4, -0.2) is 0 Å². The summed E-state index contributed by atoms with van der Waals surface area (Å²) in [4.78, 5) is 0. The maximum atomic E-state index is 15.0. The number of nitrogens with two attached hydrogens (primary N) is 1. The third-order valence-corrected chi connectivity index (χ3v) is 5.90. The van der Waals surface area contributed by atoms with Crippen molar-refractivity contribution in [3.8, 4) is 33.4 Å². The van der Waals surface area contributed by atoms with Gasteiger partial charge in [0.1, 0.15) is 11.6 Å². The van der Waals surface area contributed by atoms with Gasteiger partial charge in [0, 0.05) is 11.4 Å². The lowest BCUT2D eigenvalue weighted by Gasteiger charge is -2.15. The molecule has 0 aliphatic carbocycles. The van der Waals surface area contributed by atoms with Crippen molar-refractivity contribution < 1.29 is 17.6 Å². The van der Waals surface area contributed by atoms with Crippen molar-refractivity contribution in [1.29, 1.82) is 0 Å². The Bertz CT molecular complexity index is 1550. The molecule has 0 radical (unpaired) electrons. The van der Waals surface area contributed by atoms with Crippen LogP contribution in [0.4, 0.5) is 34.6 Å². The minimum atomic E-state index is -0.996. The number of nitrogens with one attached hydrogen (secondary N) is 1. The van der Waals surface area contributed by atoms with Crippen LogP contribution >= 0.6 is 0 Å². The Morgan fingerprint density at radius 1 is 0.472 bits per heavy atom. The lowest BCUT2D eigenvalue weighted by atomic mass is 9.94. The Labute approximate surface area is 205 Å². The molecule has 0 unspecified atom stereocenters. The van der Waals surface area contributed by atoms with E-state index in [0.717, 1.165) is 34.4 Å². The molecule has 0 aromatic heterocycles. The van der Waals surface area contributed by atoms with Crippen LogP contribution in [0, 0.1) is 23.3 Å². The van der Waals surface area contributed by atoms with Crippen LogP contribution in [-0.2, 0) is 0 Å². The van der Waals surface area contributed by atoms with Crippen LogP contribution in [0.15, 0.2) is 103 Å². The fourth-order valence-electron chi connectivity index (χ4n) is 4.03. The Kier molecular flexibility index (Phi) is 6.17. The van der Waals surface area contributed by atoms with Gasteiger partial charge in [-0.25, -0.2) is 17.6 Å². The summed E-state index contributed by atoms with van der Waals surface area (Å²) in [6.07, 6.45) is 0. The van der Waals surface area contributed by atoms with Gasteiger partial charge in [0.05, 0.1) is 5.69 Å². The molecule has 5 aromatic carbocycles. The van der Waals surface area contributed by atoms with Crippen LogP contribution in [0.25, 0.3) is 33.4 Å². The van der Waals surface area contributed by atoms with E-state index in [1.54, 1.807) is 30.3 Å². The van der Waals surface area contributed by atoms with Gasteiger partial charge in [-0.1, -0.05) is 42.5 Å². The van der Waals surface area contributed by atoms with Crippen molar-refractivity contribution in [3.05, 3.63) is 126 Å². The van der Waals surface area contributed by atoms with Gasteiger partial charge in [0.25, 0.3) is 0 Å². The quantitative estimate of drug-likeness (QED) is 0.194. The van der Waals surface area contributed by atoms with Crippen molar-refractivity contribution >= 4 is 17.1 Å². The smallest absolute Gasteiger partial charge is 0.159 e. The first kappa shape index (κ1) is 23.2. The summed E-state index contributed by atoms with van der Waals surface area (Å²) in [5, 5.41) is 3.08. The number of benzene rings is 5. The largest absolute Gasteiger partial charge is 0.399 e. The molecule has 0 heterocycles. The van der Waals surface area contributed by atoms with Gasteiger partial charge in [-0.15, -0.1) is 0 Å². The number of hydrogen-bond donors (Lipinski definition) is 2. The number of rotatable bonds is 5. The molecule has 2 nitrogen and oxygen atoms in total. The maximum Gasteiger partial charge on any atom is 0.159 e. The van der Waals surface area contributed by atoms with Crippen molar-refractivity contribution in [2.45, 2.75) is 0 Å². The summed E-state index contributed by atoms with van der Waals surface area (Å²) in [5.74, 6) is -2.85. The van der Waals surface area contributed by atoms with Gasteiger partial charge in [0.2, 0.25) is 0 Å². The highest BCUT2D eigenvalue weighted by Crippen LogP contribution is 2.36. The van der Waals surface area contributed by atoms with Crippen molar-refractivity contribution in [2.75, 3.05) is 11.1 Å². The molecule has 0 saturated heterocycles. The molecule has 178 valence electrons. The zero-order valence-corrected chi connectivity index (χ0v) is 18.9. The first-order valence-electron chi connectivity index (χ1n) is 11.2. The monoisotopic (exact) mass is 484 g/mol. The highest BCUT2D eigenvalue weighted by atomic mass is 19.2. The molecule has 0 bridgehead atoms. The average molecular weight is 484 g/mol. The minimum Gasteiger partial charge on any atom is -0.399 e. The Balaban J connectivity index is 1.50.